The number of aromatic amines is 2. The number of rotatable bonds is 5. The maximum Gasteiger partial charge on any atom is 0.267 e. The summed E-state index contributed by atoms with van der Waals surface area (Å²) in [5.74, 6) is -0.275. The number of benzene rings is 1. The molecule has 0 unspecified atom stereocenters. The molecule has 0 atom stereocenters. The molecule has 2 aromatic heterocycles. The smallest absolute Gasteiger partial charge is 0.267 e. The van der Waals surface area contributed by atoms with Crippen molar-refractivity contribution < 1.29 is 4.79 Å². The number of hydrogen-bond donors (Lipinski definition) is 3. The molecular weight excluding hydrogens is 308 g/mol. The van der Waals surface area contributed by atoms with E-state index in [2.05, 4.69) is 15.4 Å². The van der Waals surface area contributed by atoms with Crippen molar-refractivity contribution in [3.63, 3.8) is 0 Å². The molecule has 0 aliphatic heterocycles. The number of nitrogens with zero attached hydrogens (tertiary/aromatic N) is 1. The van der Waals surface area contributed by atoms with Crippen LogP contribution in [0.1, 0.15) is 10.5 Å². The lowest BCUT2D eigenvalue weighted by atomic mass is 10.2. The Labute approximate surface area is 137 Å². The van der Waals surface area contributed by atoms with Crippen LogP contribution in [-0.4, -0.2) is 27.2 Å². The molecule has 7 heteroatoms. The number of carbonyl (C=O) groups is 1. The molecule has 0 saturated heterocycles. The van der Waals surface area contributed by atoms with E-state index in [0.717, 1.165) is 15.9 Å². The summed E-state index contributed by atoms with van der Waals surface area (Å²) in [4.78, 5) is 37.9. The second-order valence-electron chi connectivity index (χ2n) is 5.21. The SMILES string of the molecule is O=C(NCCn1[nH]c(=O)ccc1=O)c1ccc(-c2ccccc2)[nH]1. The Balaban J connectivity index is 1.62. The van der Waals surface area contributed by atoms with E-state index < -0.39 is 0 Å². The van der Waals surface area contributed by atoms with E-state index in [4.69, 9.17) is 0 Å². The lowest BCUT2D eigenvalue weighted by molar-refractivity contribution is 0.0947. The normalized spacial score (nSPS) is 10.5. The molecule has 3 N–H and O–H groups in total. The van der Waals surface area contributed by atoms with Crippen molar-refractivity contribution in [2.45, 2.75) is 6.54 Å². The van der Waals surface area contributed by atoms with Crippen LogP contribution >= 0.6 is 0 Å². The van der Waals surface area contributed by atoms with Crippen LogP contribution in [0.3, 0.4) is 0 Å². The molecule has 7 nitrogen and oxygen atoms in total. The zero-order valence-corrected chi connectivity index (χ0v) is 12.8. The van der Waals surface area contributed by atoms with E-state index in [1.165, 1.54) is 12.1 Å². The van der Waals surface area contributed by atoms with Crippen molar-refractivity contribution in [1.82, 2.24) is 20.1 Å². The zero-order chi connectivity index (χ0) is 16.9. The highest BCUT2D eigenvalue weighted by molar-refractivity contribution is 5.93. The average Bonchev–Trinajstić information content (AvgIpc) is 3.09. The second-order valence-corrected chi connectivity index (χ2v) is 5.21. The van der Waals surface area contributed by atoms with Crippen LogP contribution in [-0.2, 0) is 6.54 Å². The van der Waals surface area contributed by atoms with Gasteiger partial charge in [0.15, 0.2) is 0 Å². The van der Waals surface area contributed by atoms with Crippen LogP contribution in [0.4, 0.5) is 0 Å². The van der Waals surface area contributed by atoms with E-state index in [9.17, 15) is 14.4 Å². The Kier molecular flexibility index (Phi) is 4.42. The van der Waals surface area contributed by atoms with Gasteiger partial charge in [-0.25, -0.2) is 4.68 Å². The fourth-order valence-corrected chi connectivity index (χ4v) is 2.32. The first-order valence-corrected chi connectivity index (χ1v) is 7.46. The molecule has 0 bridgehead atoms. The van der Waals surface area contributed by atoms with E-state index in [0.29, 0.717) is 5.69 Å². The Morgan fingerprint density at radius 1 is 1.00 bits per heavy atom. The first-order valence-electron chi connectivity index (χ1n) is 7.46. The van der Waals surface area contributed by atoms with Crippen molar-refractivity contribution in [2.24, 2.45) is 0 Å². The monoisotopic (exact) mass is 324 g/mol. The molecule has 0 aliphatic rings. The lowest BCUT2D eigenvalue weighted by Gasteiger charge is -2.06. The van der Waals surface area contributed by atoms with Gasteiger partial charge in [0.05, 0.1) is 6.54 Å². The summed E-state index contributed by atoms with van der Waals surface area (Å²) in [6.45, 7) is 0.408. The predicted molar refractivity (Wildman–Crippen MR) is 89.9 cm³/mol. The summed E-state index contributed by atoms with van der Waals surface area (Å²) in [5.41, 5.74) is 1.59. The predicted octanol–water partition coefficient (Wildman–Crippen LogP) is 0.962. The minimum absolute atomic E-state index is 0.187. The number of nitrogens with one attached hydrogen (secondary N) is 3. The average molecular weight is 324 g/mol. The zero-order valence-electron chi connectivity index (χ0n) is 12.8. The van der Waals surface area contributed by atoms with Gasteiger partial charge in [0.25, 0.3) is 17.0 Å². The van der Waals surface area contributed by atoms with Crippen molar-refractivity contribution in [3.8, 4) is 11.3 Å². The molecule has 0 spiro atoms. The van der Waals surface area contributed by atoms with Crippen LogP contribution in [0.5, 0.6) is 0 Å². The van der Waals surface area contributed by atoms with Crippen molar-refractivity contribution in [1.29, 1.82) is 0 Å². The van der Waals surface area contributed by atoms with Crippen molar-refractivity contribution in [3.05, 3.63) is 81.0 Å². The van der Waals surface area contributed by atoms with Gasteiger partial charge in [-0.15, -0.1) is 0 Å². The molecule has 0 fully saturated rings. The van der Waals surface area contributed by atoms with Crippen LogP contribution in [0, 0.1) is 0 Å². The summed E-state index contributed by atoms with van der Waals surface area (Å²) < 4.78 is 1.16. The molecule has 1 amide bonds. The number of H-pyrrole nitrogens is 2. The van der Waals surface area contributed by atoms with Crippen LogP contribution in [0.25, 0.3) is 11.3 Å². The Morgan fingerprint density at radius 2 is 1.79 bits per heavy atom. The molecule has 0 saturated carbocycles. The summed E-state index contributed by atoms with van der Waals surface area (Å²) in [7, 11) is 0. The van der Waals surface area contributed by atoms with Crippen LogP contribution in [0.15, 0.2) is 64.2 Å². The van der Waals surface area contributed by atoms with Gasteiger partial charge >= 0.3 is 0 Å². The van der Waals surface area contributed by atoms with Crippen molar-refractivity contribution >= 4 is 5.91 Å². The highest BCUT2D eigenvalue weighted by Gasteiger charge is 2.09. The fourth-order valence-electron chi connectivity index (χ4n) is 2.32. The quantitative estimate of drug-likeness (QED) is 0.652. The Hall–Kier alpha value is -3.35. The highest BCUT2D eigenvalue weighted by atomic mass is 16.2. The molecule has 3 rings (SSSR count). The van der Waals surface area contributed by atoms with Gasteiger partial charge in [0.2, 0.25) is 0 Å². The first kappa shape index (κ1) is 15.5. The summed E-state index contributed by atoms with van der Waals surface area (Å²) in [5, 5.41) is 5.11. The molecule has 3 aromatic rings. The maximum absolute atomic E-state index is 12.1. The molecule has 1 aromatic carbocycles. The number of aromatic nitrogens is 3. The van der Waals surface area contributed by atoms with Gasteiger partial charge in [-0.1, -0.05) is 30.3 Å². The number of hydrogen-bond acceptors (Lipinski definition) is 3. The van der Waals surface area contributed by atoms with E-state index in [1.54, 1.807) is 6.07 Å². The highest BCUT2D eigenvalue weighted by Crippen LogP contribution is 2.17. The van der Waals surface area contributed by atoms with Crippen LogP contribution in [0.2, 0.25) is 0 Å². The van der Waals surface area contributed by atoms with E-state index >= 15 is 0 Å². The van der Waals surface area contributed by atoms with Crippen LogP contribution < -0.4 is 16.4 Å². The fraction of sp³-hybridized carbons (Fsp3) is 0.118. The van der Waals surface area contributed by atoms with Crippen molar-refractivity contribution in [2.75, 3.05) is 6.54 Å². The summed E-state index contributed by atoms with van der Waals surface area (Å²) >= 11 is 0. The van der Waals surface area contributed by atoms with E-state index in [1.807, 2.05) is 36.4 Å². The number of amides is 1. The maximum atomic E-state index is 12.1. The summed E-state index contributed by atoms with van der Waals surface area (Å²) in [6.07, 6.45) is 0. The topological polar surface area (TPSA) is 99.8 Å². The van der Waals surface area contributed by atoms with Gasteiger partial charge in [-0.3, -0.25) is 19.5 Å². The molecule has 2 heterocycles. The second kappa shape index (κ2) is 6.82. The third-order valence-electron chi connectivity index (χ3n) is 3.52. The minimum Gasteiger partial charge on any atom is -0.351 e. The largest absolute Gasteiger partial charge is 0.351 e. The Morgan fingerprint density at radius 3 is 2.58 bits per heavy atom. The van der Waals surface area contributed by atoms with E-state index in [-0.39, 0.29) is 30.1 Å². The molecule has 0 aliphatic carbocycles. The molecule has 0 radical (unpaired) electrons. The molecule has 24 heavy (non-hydrogen) atoms. The third-order valence-corrected chi connectivity index (χ3v) is 3.52. The lowest BCUT2D eigenvalue weighted by Crippen LogP contribution is -2.34. The standard InChI is InChI=1S/C17H16N4O3/c22-15-8-9-16(23)21(20-15)11-10-18-17(24)14-7-6-13(19-14)12-4-2-1-3-5-12/h1-9,19H,10-11H2,(H,18,24)(H,20,22). The molecular formula is C17H16N4O3. The number of carbonyl (C=O) groups excluding carboxylic acids is 1. The van der Waals surface area contributed by atoms with Gasteiger partial charge in [0, 0.05) is 24.4 Å². The Bertz CT molecular complexity index is 953. The van der Waals surface area contributed by atoms with Gasteiger partial charge in [-0.2, -0.15) is 0 Å². The van der Waals surface area contributed by atoms with Gasteiger partial charge < -0.3 is 10.3 Å². The van der Waals surface area contributed by atoms with Gasteiger partial charge in [0.1, 0.15) is 5.69 Å². The van der Waals surface area contributed by atoms with Gasteiger partial charge in [-0.05, 0) is 17.7 Å². The minimum atomic E-state index is -0.363. The third kappa shape index (κ3) is 3.52. The summed E-state index contributed by atoms with van der Waals surface area (Å²) in [6, 6.07) is 15.6. The molecule has 122 valence electrons. The first-order chi connectivity index (χ1) is 11.6.